The molecule has 0 saturated carbocycles. The van der Waals surface area contributed by atoms with Crippen LogP contribution in [0.2, 0.25) is 0 Å². The lowest BCUT2D eigenvalue weighted by Gasteiger charge is -2.19. The minimum absolute atomic E-state index is 0.495. The summed E-state index contributed by atoms with van der Waals surface area (Å²) in [6, 6.07) is 7.44. The van der Waals surface area contributed by atoms with E-state index in [1.165, 1.54) is 0 Å². The Morgan fingerprint density at radius 2 is 1.71 bits per heavy atom. The molecule has 114 valence electrons. The zero-order valence-electron chi connectivity index (χ0n) is 12.1. The molecule has 1 heterocycles. The molecule has 0 bridgehead atoms. The van der Waals surface area contributed by atoms with Crippen LogP contribution < -0.4 is 14.2 Å². The van der Waals surface area contributed by atoms with Crippen molar-refractivity contribution in [1.29, 1.82) is 0 Å². The lowest BCUT2D eigenvalue weighted by atomic mass is 10.0. The number of hydrogen-bond acceptors (Lipinski definition) is 5. The van der Waals surface area contributed by atoms with Gasteiger partial charge in [-0.1, -0.05) is 0 Å². The van der Waals surface area contributed by atoms with Gasteiger partial charge >= 0.3 is 0 Å². The van der Waals surface area contributed by atoms with Gasteiger partial charge in [-0.2, -0.15) is 0 Å². The van der Waals surface area contributed by atoms with Crippen molar-refractivity contribution >= 4 is 27.3 Å². The van der Waals surface area contributed by atoms with Crippen LogP contribution in [0.4, 0.5) is 0 Å². The van der Waals surface area contributed by atoms with E-state index in [1.54, 1.807) is 44.8 Å². The zero-order chi connectivity index (χ0) is 15.4. The maximum Gasteiger partial charge on any atom is 0.132 e. The lowest BCUT2D eigenvalue weighted by Crippen LogP contribution is -2.06. The number of thiophene rings is 1. The van der Waals surface area contributed by atoms with Gasteiger partial charge in [0.15, 0.2) is 0 Å². The summed E-state index contributed by atoms with van der Waals surface area (Å²) >= 11 is 5.02. The van der Waals surface area contributed by atoms with Gasteiger partial charge in [-0.25, -0.2) is 0 Å². The van der Waals surface area contributed by atoms with E-state index in [9.17, 15) is 5.11 Å². The average Bonchev–Trinajstić information content (AvgIpc) is 2.90. The number of rotatable bonds is 6. The summed E-state index contributed by atoms with van der Waals surface area (Å²) in [5, 5.41) is 10.6. The maximum absolute atomic E-state index is 10.6. The van der Waals surface area contributed by atoms with Gasteiger partial charge in [0.1, 0.15) is 17.2 Å². The van der Waals surface area contributed by atoms with Crippen molar-refractivity contribution in [3.8, 4) is 17.2 Å². The van der Waals surface area contributed by atoms with Gasteiger partial charge in [-0.05, 0) is 28.1 Å². The summed E-state index contributed by atoms with van der Waals surface area (Å²) in [5.41, 5.74) is 0.630. The van der Waals surface area contributed by atoms with Crippen molar-refractivity contribution in [3.63, 3.8) is 0 Å². The second-order valence-electron chi connectivity index (χ2n) is 4.37. The van der Waals surface area contributed by atoms with Gasteiger partial charge < -0.3 is 19.3 Å². The highest BCUT2D eigenvalue weighted by molar-refractivity contribution is 9.11. The molecule has 1 atom stereocenters. The molecule has 0 aliphatic carbocycles. The van der Waals surface area contributed by atoms with Crippen molar-refractivity contribution in [1.82, 2.24) is 0 Å². The summed E-state index contributed by atoms with van der Waals surface area (Å²) in [5.74, 6) is 1.72. The van der Waals surface area contributed by atoms with E-state index in [4.69, 9.17) is 14.2 Å². The number of ether oxygens (including phenoxy) is 3. The van der Waals surface area contributed by atoms with E-state index in [-0.39, 0.29) is 0 Å². The molecular formula is C15H17BrO4S. The minimum Gasteiger partial charge on any atom is -0.496 e. The number of benzene rings is 1. The van der Waals surface area contributed by atoms with Gasteiger partial charge in [-0.15, -0.1) is 11.3 Å². The van der Waals surface area contributed by atoms with Crippen LogP contribution >= 0.6 is 27.3 Å². The Morgan fingerprint density at radius 1 is 1.10 bits per heavy atom. The Morgan fingerprint density at radius 3 is 2.14 bits per heavy atom. The Labute approximate surface area is 136 Å². The van der Waals surface area contributed by atoms with Gasteiger partial charge in [0, 0.05) is 23.4 Å². The third-order valence-electron chi connectivity index (χ3n) is 3.11. The fraction of sp³-hybridized carbons (Fsp3) is 0.333. The Bertz CT molecular complexity index is 586. The first-order valence-electron chi connectivity index (χ1n) is 6.31. The first-order valence-corrected chi connectivity index (χ1v) is 7.92. The molecule has 0 spiro atoms. The van der Waals surface area contributed by atoms with Gasteiger partial charge in [0.25, 0.3) is 0 Å². The zero-order valence-corrected chi connectivity index (χ0v) is 14.5. The van der Waals surface area contributed by atoms with Crippen molar-refractivity contribution in [2.45, 2.75) is 12.5 Å². The molecule has 1 aromatic heterocycles. The molecule has 6 heteroatoms. The molecule has 0 amide bonds. The van der Waals surface area contributed by atoms with Crippen LogP contribution in [0.1, 0.15) is 16.5 Å². The van der Waals surface area contributed by atoms with Crippen LogP contribution in [-0.4, -0.2) is 26.4 Å². The van der Waals surface area contributed by atoms with E-state index in [1.807, 2.05) is 12.1 Å². The van der Waals surface area contributed by atoms with Crippen LogP contribution in [0.3, 0.4) is 0 Å². The lowest BCUT2D eigenvalue weighted by molar-refractivity contribution is 0.170. The summed E-state index contributed by atoms with van der Waals surface area (Å²) in [6.45, 7) is 0. The molecule has 0 radical (unpaired) electrons. The Balaban J connectivity index is 2.36. The molecule has 1 aromatic carbocycles. The van der Waals surface area contributed by atoms with Gasteiger partial charge in [0.05, 0.1) is 36.8 Å². The predicted molar refractivity (Wildman–Crippen MR) is 86.8 cm³/mol. The van der Waals surface area contributed by atoms with E-state index in [2.05, 4.69) is 15.9 Å². The molecule has 2 rings (SSSR count). The maximum atomic E-state index is 10.6. The molecule has 4 nitrogen and oxygen atoms in total. The fourth-order valence-corrected chi connectivity index (χ4v) is 3.63. The highest BCUT2D eigenvalue weighted by Crippen LogP contribution is 2.40. The van der Waals surface area contributed by atoms with Crippen molar-refractivity contribution in [2.75, 3.05) is 21.3 Å². The predicted octanol–water partition coefficient (Wildman–Crippen LogP) is 3.81. The minimum atomic E-state index is -0.716. The highest BCUT2D eigenvalue weighted by Gasteiger charge is 2.21. The van der Waals surface area contributed by atoms with Crippen LogP contribution in [0.5, 0.6) is 17.2 Å². The van der Waals surface area contributed by atoms with Crippen LogP contribution in [0.25, 0.3) is 0 Å². The smallest absolute Gasteiger partial charge is 0.132 e. The summed E-state index contributed by atoms with van der Waals surface area (Å²) in [4.78, 5) is 1.08. The first-order chi connectivity index (χ1) is 10.1. The Kier molecular flexibility index (Phi) is 5.50. The number of halogens is 1. The topological polar surface area (TPSA) is 47.9 Å². The molecule has 0 aliphatic heterocycles. The number of hydrogen-bond donors (Lipinski definition) is 1. The van der Waals surface area contributed by atoms with Gasteiger partial charge in [-0.3, -0.25) is 0 Å². The van der Waals surface area contributed by atoms with E-state index >= 15 is 0 Å². The standard InChI is InChI=1S/C15H17BrO4S/c1-18-9-6-12(19-2)15(13(7-9)20-3)11(17)8-10-4-5-14(16)21-10/h4-7,11,17H,8H2,1-3H3. The van der Waals surface area contributed by atoms with E-state index in [0.717, 1.165) is 8.66 Å². The fourth-order valence-electron chi connectivity index (χ4n) is 2.12. The largest absolute Gasteiger partial charge is 0.496 e. The van der Waals surface area contributed by atoms with Gasteiger partial charge in [0.2, 0.25) is 0 Å². The second-order valence-corrected chi connectivity index (χ2v) is 6.92. The van der Waals surface area contributed by atoms with Crippen molar-refractivity contribution < 1.29 is 19.3 Å². The molecule has 1 N–H and O–H groups in total. The third-order valence-corrected chi connectivity index (χ3v) is 4.76. The molecule has 0 fully saturated rings. The van der Waals surface area contributed by atoms with Crippen LogP contribution in [-0.2, 0) is 6.42 Å². The van der Waals surface area contributed by atoms with Crippen LogP contribution in [0.15, 0.2) is 28.1 Å². The molecule has 1 unspecified atom stereocenters. The van der Waals surface area contributed by atoms with Crippen molar-refractivity contribution in [3.05, 3.63) is 38.5 Å². The first kappa shape index (κ1) is 16.1. The molecular weight excluding hydrogens is 356 g/mol. The normalized spacial score (nSPS) is 12.0. The SMILES string of the molecule is COc1cc(OC)c(C(O)Cc2ccc(Br)s2)c(OC)c1. The summed E-state index contributed by atoms with van der Waals surface area (Å²) < 4.78 is 17.0. The van der Waals surface area contributed by atoms with Crippen LogP contribution in [0, 0.1) is 0 Å². The van der Waals surface area contributed by atoms with Crippen molar-refractivity contribution in [2.24, 2.45) is 0 Å². The third kappa shape index (κ3) is 3.70. The van der Waals surface area contributed by atoms with E-state index < -0.39 is 6.10 Å². The monoisotopic (exact) mass is 372 g/mol. The molecule has 21 heavy (non-hydrogen) atoms. The number of aliphatic hydroxyl groups is 1. The Hall–Kier alpha value is -1.24. The molecule has 0 aliphatic rings. The summed E-state index contributed by atoms with van der Waals surface area (Å²) in [7, 11) is 4.70. The quantitative estimate of drug-likeness (QED) is 0.837. The second kappa shape index (κ2) is 7.15. The van der Waals surface area contributed by atoms with E-state index in [0.29, 0.717) is 29.2 Å². The summed E-state index contributed by atoms with van der Waals surface area (Å²) in [6.07, 6.45) is -0.221. The number of aliphatic hydroxyl groups excluding tert-OH is 1. The highest BCUT2D eigenvalue weighted by atomic mass is 79.9. The average molecular weight is 373 g/mol. The number of methoxy groups -OCH3 is 3. The molecule has 2 aromatic rings. The molecule has 0 saturated heterocycles.